The largest absolute Gasteiger partial charge is 0.707 e. The van der Waals surface area contributed by atoms with Gasteiger partial charge in [0.05, 0.1) is 0 Å². The second kappa shape index (κ2) is 8.45. The topological polar surface area (TPSA) is 75.7 Å². The summed E-state index contributed by atoms with van der Waals surface area (Å²) in [6, 6.07) is 29.9. The molecule has 0 amide bonds. The van der Waals surface area contributed by atoms with E-state index >= 15 is 0 Å². The van der Waals surface area contributed by atoms with Gasteiger partial charge in [-0.3, -0.25) is 0 Å². The van der Waals surface area contributed by atoms with Crippen LogP contribution >= 0.6 is 0 Å². The highest BCUT2D eigenvalue weighted by Gasteiger charge is 2.15. The summed E-state index contributed by atoms with van der Waals surface area (Å²) in [6.45, 7) is 2.00. The molecule has 0 aromatic heterocycles. The molecule has 0 spiro atoms. The summed E-state index contributed by atoms with van der Waals surface area (Å²) >= 11 is 0. The molecule has 4 nitrogen and oxygen atoms in total. The van der Waals surface area contributed by atoms with Crippen LogP contribution in [0, 0.1) is 6.92 Å². The molecule has 5 aromatic rings. The third kappa shape index (κ3) is 4.08. The van der Waals surface area contributed by atoms with Crippen LogP contribution in [0.25, 0.3) is 32.3 Å². The van der Waals surface area contributed by atoms with Crippen molar-refractivity contribution in [3.63, 3.8) is 0 Å². The highest BCUT2D eigenvalue weighted by Crippen LogP contribution is 2.35. The van der Waals surface area contributed by atoms with Gasteiger partial charge < -0.3 is 20.4 Å². The lowest BCUT2D eigenvalue weighted by atomic mass is 9.97. The monoisotopic (exact) mass is 395 g/mol. The van der Waals surface area contributed by atoms with Crippen molar-refractivity contribution in [2.24, 2.45) is 0 Å². The molecule has 0 aliphatic rings. The molecule has 0 heterocycles. The lowest BCUT2D eigenvalue weighted by molar-refractivity contribution is 0.289. The molecule has 0 atom stereocenters. The SMILES string of the molecule is Cc1ccccc1N.OB(O)Oc1cccc2ccc3cc4ccccc4cc3c12. The molecule has 0 saturated heterocycles. The third-order valence-corrected chi connectivity index (χ3v) is 5.11. The first-order valence-electron chi connectivity index (χ1n) is 9.71. The lowest BCUT2D eigenvalue weighted by Crippen LogP contribution is -2.20. The van der Waals surface area contributed by atoms with Crippen molar-refractivity contribution in [2.75, 3.05) is 5.73 Å². The van der Waals surface area contributed by atoms with Crippen molar-refractivity contribution in [1.29, 1.82) is 0 Å². The second-order valence-electron chi connectivity index (χ2n) is 7.14. The summed E-state index contributed by atoms with van der Waals surface area (Å²) in [5.41, 5.74) is 7.53. The van der Waals surface area contributed by atoms with Gasteiger partial charge in [0.2, 0.25) is 0 Å². The van der Waals surface area contributed by atoms with E-state index in [-0.39, 0.29) is 0 Å². The van der Waals surface area contributed by atoms with Gasteiger partial charge in [0.1, 0.15) is 5.75 Å². The first-order chi connectivity index (χ1) is 14.5. The predicted octanol–water partition coefficient (Wildman–Crippen LogP) is 5.07. The first-order valence-corrected chi connectivity index (χ1v) is 9.71. The van der Waals surface area contributed by atoms with Crippen LogP contribution in [-0.4, -0.2) is 17.4 Å². The van der Waals surface area contributed by atoms with E-state index in [9.17, 15) is 0 Å². The average Bonchev–Trinajstić information content (AvgIpc) is 2.74. The Morgan fingerprint density at radius 1 is 0.700 bits per heavy atom. The van der Waals surface area contributed by atoms with Gasteiger partial charge in [-0.25, -0.2) is 0 Å². The minimum Gasteiger partial charge on any atom is -0.511 e. The second-order valence-corrected chi connectivity index (χ2v) is 7.14. The number of benzene rings is 5. The van der Waals surface area contributed by atoms with Crippen molar-refractivity contribution in [2.45, 2.75) is 6.92 Å². The van der Waals surface area contributed by atoms with Gasteiger partial charge in [-0.15, -0.1) is 0 Å². The molecular formula is C25H22BNO3. The van der Waals surface area contributed by atoms with Crippen molar-refractivity contribution < 1.29 is 14.7 Å². The van der Waals surface area contributed by atoms with Crippen molar-refractivity contribution >= 4 is 45.3 Å². The van der Waals surface area contributed by atoms with Crippen LogP contribution < -0.4 is 10.4 Å². The Hall–Kier alpha value is -3.54. The summed E-state index contributed by atoms with van der Waals surface area (Å²) in [6.07, 6.45) is 0. The number of nitrogen functional groups attached to an aromatic ring is 1. The quantitative estimate of drug-likeness (QED) is 0.169. The Bertz CT molecular complexity index is 1310. The minimum absolute atomic E-state index is 0.466. The van der Waals surface area contributed by atoms with E-state index in [1.807, 2.05) is 61.5 Å². The molecule has 0 bridgehead atoms. The Labute approximate surface area is 175 Å². The van der Waals surface area contributed by atoms with Gasteiger partial charge in [0, 0.05) is 11.1 Å². The van der Waals surface area contributed by atoms with Crippen LogP contribution in [-0.2, 0) is 0 Å². The third-order valence-electron chi connectivity index (χ3n) is 5.11. The van der Waals surface area contributed by atoms with Gasteiger partial charge in [0.15, 0.2) is 0 Å². The van der Waals surface area contributed by atoms with Gasteiger partial charge in [-0.2, -0.15) is 0 Å². The molecule has 0 aliphatic carbocycles. The van der Waals surface area contributed by atoms with E-state index in [1.165, 1.54) is 5.39 Å². The van der Waals surface area contributed by atoms with Crippen molar-refractivity contribution in [3.05, 3.63) is 96.6 Å². The number of nitrogens with two attached hydrogens (primary N) is 1. The summed E-state index contributed by atoms with van der Waals surface area (Å²) < 4.78 is 5.16. The van der Waals surface area contributed by atoms with Gasteiger partial charge >= 0.3 is 7.32 Å². The zero-order chi connectivity index (χ0) is 21.1. The van der Waals surface area contributed by atoms with Crippen LogP contribution in [0.5, 0.6) is 5.75 Å². The first kappa shape index (κ1) is 19.8. The number of fused-ring (bicyclic) bond motifs is 4. The van der Waals surface area contributed by atoms with Crippen LogP contribution in [0.4, 0.5) is 5.69 Å². The summed E-state index contributed by atoms with van der Waals surface area (Å²) in [5.74, 6) is 0.466. The molecule has 30 heavy (non-hydrogen) atoms. The number of rotatable bonds is 2. The fourth-order valence-corrected chi connectivity index (χ4v) is 3.57. The fourth-order valence-electron chi connectivity index (χ4n) is 3.57. The fraction of sp³-hybridized carbons (Fsp3) is 0.0400. The smallest absolute Gasteiger partial charge is 0.511 e. The minimum atomic E-state index is -1.83. The number of anilines is 1. The van der Waals surface area contributed by atoms with Crippen LogP contribution in [0.2, 0.25) is 0 Å². The Balaban J connectivity index is 0.000000230. The summed E-state index contributed by atoms with van der Waals surface area (Å²) in [7, 11) is -1.83. The standard InChI is InChI=1S/C18H13BO3.C7H9N/c20-19(21)22-17-7-3-6-12-8-9-15-10-13-4-1-2-5-14(13)11-16(15)18(12)17;1-6-4-2-3-5-7(6)8/h1-11,20-21H;2-5H,8H2,1H3. The van der Waals surface area contributed by atoms with Gasteiger partial charge in [-0.1, -0.05) is 66.7 Å². The zero-order valence-corrected chi connectivity index (χ0v) is 16.6. The molecule has 0 aliphatic heterocycles. The molecule has 0 saturated carbocycles. The molecular weight excluding hydrogens is 373 g/mol. The van der Waals surface area contributed by atoms with E-state index in [0.29, 0.717) is 5.75 Å². The highest BCUT2D eigenvalue weighted by atomic mass is 16.6. The van der Waals surface area contributed by atoms with Gasteiger partial charge in [0.25, 0.3) is 0 Å². The molecule has 0 radical (unpaired) electrons. The zero-order valence-electron chi connectivity index (χ0n) is 16.6. The maximum absolute atomic E-state index is 9.14. The summed E-state index contributed by atoms with van der Waals surface area (Å²) in [5, 5.41) is 24.6. The Kier molecular flexibility index (Phi) is 5.57. The Morgan fingerprint density at radius 3 is 2.00 bits per heavy atom. The van der Waals surface area contributed by atoms with Gasteiger partial charge in [-0.05, 0) is 63.7 Å². The summed E-state index contributed by atoms with van der Waals surface area (Å²) in [4.78, 5) is 0. The Morgan fingerprint density at radius 2 is 1.33 bits per heavy atom. The maximum Gasteiger partial charge on any atom is 0.707 e. The molecule has 0 unspecified atom stereocenters. The molecule has 5 rings (SSSR count). The number of para-hydroxylation sites is 1. The normalized spacial score (nSPS) is 10.6. The maximum atomic E-state index is 9.14. The van der Waals surface area contributed by atoms with E-state index in [0.717, 1.165) is 38.2 Å². The van der Waals surface area contributed by atoms with E-state index in [1.54, 1.807) is 6.07 Å². The predicted molar refractivity (Wildman–Crippen MR) is 125 cm³/mol. The van der Waals surface area contributed by atoms with Crippen LogP contribution in [0.15, 0.2) is 91.0 Å². The molecule has 5 heteroatoms. The number of aryl methyl sites for hydroxylation is 1. The molecule has 4 N–H and O–H groups in total. The lowest BCUT2D eigenvalue weighted by Gasteiger charge is -2.12. The number of hydrogen-bond acceptors (Lipinski definition) is 4. The molecule has 148 valence electrons. The van der Waals surface area contributed by atoms with Crippen molar-refractivity contribution in [1.82, 2.24) is 0 Å². The van der Waals surface area contributed by atoms with Crippen molar-refractivity contribution in [3.8, 4) is 5.75 Å². The highest BCUT2D eigenvalue weighted by molar-refractivity contribution is 6.34. The van der Waals surface area contributed by atoms with E-state index < -0.39 is 7.32 Å². The van der Waals surface area contributed by atoms with Crippen LogP contribution in [0.3, 0.4) is 0 Å². The molecule has 5 aromatic carbocycles. The number of hydrogen-bond donors (Lipinski definition) is 3. The molecule has 0 fully saturated rings. The average molecular weight is 395 g/mol. The van der Waals surface area contributed by atoms with E-state index in [4.69, 9.17) is 20.4 Å². The van der Waals surface area contributed by atoms with E-state index in [2.05, 4.69) is 30.3 Å². The van der Waals surface area contributed by atoms with Crippen LogP contribution in [0.1, 0.15) is 5.56 Å².